The summed E-state index contributed by atoms with van der Waals surface area (Å²) < 4.78 is 0. The summed E-state index contributed by atoms with van der Waals surface area (Å²) in [4.78, 5) is 12.8. The molecule has 122 valence electrons. The van der Waals surface area contributed by atoms with Gasteiger partial charge >= 0.3 is 0 Å². The molecule has 2 atom stereocenters. The molecular formula is C19H27NOSi2. The molecule has 0 aromatic heterocycles. The third-order valence-electron chi connectivity index (χ3n) is 8.23. The van der Waals surface area contributed by atoms with Crippen LogP contribution in [0.2, 0.25) is 31.2 Å². The van der Waals surface area contributed by atoms with Crippen molar-refractivity contribution in [3.8, 4) is 0 Å². The molecule has 1 aliphatic heterocycles. The number of benzene rings is 1. The van der Waals surface area contributed by atoms with Gasteiger partial charge in [-0.2, -0.15) is 0 Å². The molecule has 1 amide bonds. The average Bonchev–Trinajstić information content (AvgIpc) is 3.11. The topological polar surface area (TPSA) is 43.1 Å². The van der Waals surface area contributed by atoms with Crippen molar-refractivity contribution in [3.05, 3.63) is 41.0 Å². The van der Waals surface area contributed by atoms with Gasteiger partial charge < -0.3 is 5.73 Å². The monoisotopic (exact) mass is 341 g/mol. The van der Waals surface area contributed by atoms with Gasteiger partial charge in [-0.05, 0) is 36.0 Å². The summed E-state index contributed by atoms with van der Waals surface area (Å²) in [6.07, 6.45) is 8.93. The molecular weight excluding hydrogens is 314 g/mol. The number of fused-ring (bicyclic) bond motifs is 2. The van der Waals surface area contributed by atoms with Crippen LogP contribution >= 0.6 is 0 Å². The van der Waals surface area contributed by atoms with Gasteiger partial charge in [0, 0.05) is 10.1 Å². The van der Waals surface area contributed by atoms with E-state index in [4.69, 9.17) is 5.73 Å². The van der Waals surface area contributed by atoms with E-state index in [0.717, 1.165) is 25.7 Å². The molecule has 23 heavy (non-hydrogen) atoms. The zero-order chi connectivity index (χ0) is 16.7. The van der Waals surface area contributed by atoms with E-state index >= 15 is 0 Å². The zero-order valence-electron chi connectivity index (χ0n) is 14.7. The fourth-order valence-corrected chi connectivity index (χ4v) is 24.8. The molecule has 2 N–H and O–H groups in total. The number of carbonyl (C=O) groups is 1. The Hall–Kier alpha value is -1.14. The molecule has 4 rings (SSSR count). The summed E-state index contributed by atoms with van der Waals surface area (Å²) in [7, 11) is -3.24. The van der Waals surface area contributed by atoms with Crippen molar-refractivity contribution in [2.24, 2.45) is 5.73 Å². The summed E-state index contributed by atoms with van der Waals surface area (Å²) in [6.45, 7) is 9.99. The van der Waals surface area contributed by atoms with Crippen molar-refractivity contribution < 1.29 is 4.79 Å². The van der Waals surface area contributed by atoms with E-state index in [-0.39, 0.29) is 16.0 Å². The van der Waals surface area contributed by atoms with E-state index in [0.29, 0.717) is 0 Å². The van der Waals surface area contributed by atoms with Crippen LogP contribution < -0.4 is 5.73 Å². The van der Waals surface area contributed by atoms with Crippen LogP contribution in [0, 0.1) is 0 Å². The molecule has 1 aromatic rings. The predicted octanol–water partition coefficient (Wildman–Crippen LogP) is 3.95. The SMILES string of the molecule is C[Si]1(C)C2(C(N)=O)CCCC2(c2cccc3c2C=CC3)[Si]1(C)C. The van der Waals surface area contributed by atoms with Crippen LogP contribution in [0.3, 0.4) is 0 Å². The quantitative estimate of drug-likeness (QED) is 0.813. The molecule has 1 saturated carbocycles. The predicted molar refractivity (Wildman–Crippen MR) is 102 cm³/mol. The Morgan fingerprint density at radius 1 is 1.13 bits per heavy atom. The van der Waals surface area contributed by atoms with Gasteiger partial charge in [0.25, 0.3) is 0 Å². The Balaban J connectivity index is 2.05. The van der Waals surface area contributed by atoms with Gasteiger partial charge in [-0.25, -0.2) is 0 Å². The number of carbonyl (C=O) groups excluding carboxylic acids is 1. The van der Waals surface area contributed by atoms with E-state index in [2.05, 4.69) is 56.5 Å². The molecule has 2 unspecified atom stereocenters. The van der Waals surface area contributed by atoms with E-state index in [1.165, 1.54) is 16.7 Å². The van der Waals surface area contributed by atoms with Crippen molar-refractivity contribution in [1.29, 1.82) is 0 Å². The molecule has 0 bridgehead atoms. The van der Waals surface area contributed by atoms with Gasteiger partial charge in [-0.3, -0.25) is 4.79 Å². The Kier molecular flexibility index (Phi) is 2.86. The van der Waals surface area contributed by atoms with E-state index in [1.807, 2.05) is 0 Å². The first-order valence-corrected chi connectivity index (χ1v) is 15.8. The van der Waals surface area contributed by atoms with Crippen LogP contribution in [0.5, 0.6) is 0 Å². The van der Waals surface area contributed by atoms with Crippen molar-refractivity contribution in [2.75, 3.05) is 0 Å². The highest BCUT2D eigenvalue weighted by molar-refractivity contribution is 7.48. The smallest absolute Gasteiger partial charge is 0.221 e. The molecule has 4 heteroatoms. The lowest BCUT2D eigenvalue weighted by atomic mass is 9.82. The third-order valence-corrected chi connectivity index (χ3v) is 29.7. The molecule has 2 nitrogen and oxygen atoms in total. The molecule has 1 saturated heterocycles. The summed E-state index contributed by atoms with van der Waals surface area (Å²) in [5.41, 5.74) is 10.4. The van der Waals surface area contributed by atoms with Crippen LogP contribution in [0.1, 0.15) is 36.0 Å². The molecule has 2 fully saturated rings. The summed E-state index contributed by atoms with van der Waals surface area (Å²) >= 11 is 0. The second kappa shape index (κ2) is 4.28. The van der Waals surface area contributed by atoms with Crippen LogP contribution in [0.4, 0.5) is 0 Å². The lowest BCUT2D eigenvalue weighted by molar-refractivity contribution is -0.122. The fourth-order valence-electron chi connectivity index (χ4n) is 6.75. The summed E-state index contributed by atoms with van der Waals surface area (Å²) in [5.74, 6) is -0.00179. The molecule has 1 heterocycles. The first kappa shape index (κ1) is 15.4. The largest absolute Gasteiger partial charge is 0.369 e. The molecule has 1 aromatic carbocycles. The van der Waals surface area contributed by atoms with Crippen LogP contribution in [0.15, 0.2) is 24.3 Å². The molecule has 2 aliphatic carbocycles. The van der Waals surface area contributed by atoms with E-state index in [9.17, 15) is 4.79 Å². The Bertz CT molecular complexity index is 752. The Morgan fingerprint density at radius 3 is 2.57 bits per heavy atom. The highest BCUT2D eigenvalue weighted by Gasteiger charge is 2.85. The van der Waals surface area contributed by atoms with Gasteiger partial charge in [0.2, 0.25) is 5.91 Å². The van der Waals surface area contributed by atoms with Crippen LogP contribution in [0.25, 0.3) is 6.08 Å². The highest BCUT2D eigenvalue weighted by atomic mass is 29.3. The van der Waals surface area contributed by atoms with Gasteiger partial charge in [0.05, 0.1) is 15.2 Å². The zero-order valence-corrected chi connectivity index (χ0v) is 16.7. The summed E-state index contributed by atoms with van der Waals surface area (Å²) in [5, 5.41) is -0.150. The number of allylic oxidation sites excluding steroid dienone is 1. The lowest BCUT2D eigenvalue weighted by Gasteiger charge is -2.74. The number of rotatable bonds is 2. The van der Waals surface area contributed by atoms with Crippen molar-refractivity contribution in [3.63, 3.8) is 0 Å². The average molecular weight is 342 g/mol. The number of primary amides is 1. The first-order valence-electron chi connectivity index (χ1n) is 8.83. The minimum Gasteiger partial charge on any atom is -0.369 e. The maximum Gasteiger partial charge on any atom is 0.221 e. The van der Waals surface area contributed by atoms with Gasteiger partial charge in [-0.1, -0.05) is 63.0 Å². The molecule has 0 radical (unpaired) electrons. The van der Waals surface area contributed by atoms with Crippen LogP contribution in [-0.4, -0.2) is 21.1 Å². The van der Waals surface area contributed by atoms with Gasteiger partial charge in [-0.15, -0.1) is 0 Å². The van der Waals surface area contributed by atoms with E-state index < -0.39 is 15.2 Å². The second-order valence-corrected chi connectivity index (χ2v) is 24.5. The number of hydrogen-bond donors (Lipinski definition) is 1. The maximum absolute atomic E-state index is 12.8. The molecule has 0 spiro atoms. The minimum absolute atomic E-state index is 0.00179. The Labute approximate surface area is 141 Å². The highest BCUT2D eigenvalue weighted by Crippen LogP contribution is 2.78. The van der Waals surface area contributed by atoms with Crippen molar-refractivity contribution >= 4 is 27.2 Å². The second-order valence-electron chi connectivity index (χ2n) is 8.76. The van der Waals surface area contributed by atoms with E-state index in [1.54, 1.807) is 0 Å². The van der Waals surface area contributed by atoms with Gasteiger partial charge in [0.1, 0.15) is 0 Å². The minimum atomic E-state index is -1.67. The first-order chi connectivity index (χ1) is 10.7. The van der Waals surface area contributed by atoms with Crippen molar-refractivity contribution in [2.45, 2.75) is 61.9 Å². The summed E-state index contributed by atoms with van der Waals surface area (Å²) in [6, 6.07) is 6.76. The third kappa shape index (κ3) is 1.32. The van der Waals surface area contributed by atoms with Gasteiger partial charge in [0.15, 0.2) is 0 Å². The lowest BCUT2D eigenvalue weighted by Crippen LogP contribution is -2.89. The Morgan fingerprint density at radius 2 is 1.87 bits per heavy atom. The standard InChI is InChI=1S/C19H27NOSi2/c1-22(2)18(16-11-6-9-14-8-5-10-15(14)16)12-7-13-19(18,17(20)21)23(22,3)4/h5-6,9-11H,7-8,12-13H2,1-4H3,(H2,20,21). The van der Waals surface area contributed by atoms with Crippen molar-refractivity contribution in [1.82, 2.24) is 0 Å². The normalized spacial score (nSPS) is 35.5. The molecule has 3 aliphatic rings. The fraction of sp³-hybridized carbons (Fsp3) is 0.526. The number of hydrogen-bond acceptors (Lipinski definition) is 1. The number of amides is 1. The maximum atomic E-state index is 12.8. The van der Waals surface area contributed by atoms with Crippen LogP contribution in [-0.2, 0) is 16.3 Å². The number of nitrogens with two attached hydrogens (primary N) is 1.